The smallest absolute Gasteiger partial charge is 0.111 e. The molecule has 0 atom stereocenters. The molecular weight excluding hydrogens is 208 g/mol. The summed E-state index contributed by atoms with van der Waals surface area (Å²) in [4.78, 5) is 4.61. The lowest BCUT2D eigenvalue weighted by atomic mass is 10.2. The Balaban J connectivity index is 2.62. The van der Waals surface area contributed by atoms with Gasteiger partial charge in [0.2, 0.25) is 0 Å². The molecule has 0 radical (unpaired) electrons. The number of imidazole rings is 1. The Bertz CT molecular complexity index is 474. The summed E-state index contributed by atoms with van der Waals surface area (Å²) in [5.74, 6) is 1.72. The number of benzene rings is 1. The van der Waals surface area contributed by atoms with Gasteiger partial charge in [0.25, 0.3) is 0 Å². The van der Waals surface area contributed by atoms with Crippen LogP contribution < -0.4 is 0 Å². The number of hydrogen-bond donors (Lipinski definition) is 0. The molecule has 0 saturated heterocycles. The number of fused-ring (bicyclic) bond motifs is 1. The highest BCUT2D eigenvalue weighted by atomic mass is 35.5. The summed E-state index contributed by atoms with van der Waals surface area (Å²) in [6.07, 6.45) is 0.836. The van der Waals surface area contributed by atoms with Gasteiger partial charge in [-0.1, -0.05) is 6.07 Å². The second-order valence-electron chi connectivity index (χ2n) is 3.70. The Morgan fingerprint density at radius 2 is 2.20 bits per heavy atom. The molecule has 0 aliphatic heterocycles. The van der Waals surface area contributed by atoms with E-state index >= 15 is 0 Å². The van der Waals surface area contributed by atoms with Crippen LogP contribution in [0.1, 0.15) is 18.3 Å². The van der Waals surface area contributed by atoms with Gasteiger partial charge in [0.05, 0.1) is 11.0 Å². The molecule has 0 unspecified atom stereocenters. The van der Waals surface area contributed by atoms with Crippen LogP contribution >= 0.6 is 11.6 Å². The predicted octanol–water partition coefficient (Wildman–Crippen LogP) is 3.15. The molecule has 1 aromatic carbocycles. The van der Waals surface area contributed by atoms with Crippen LogP contribution in [0.5, 0.6) is 0 Å². The van der Waals surface area contributed by atoms with E-state index in [2.05, 4.69) is 41.6 Å². The largest absolute Gasteiger partial charge is 0.328 e. The van der Waals surface area contributed by atoms with Crippen molar-refractivity contribution in [1.82, 2.24) is 9.55 Å². The van der Waals surface area contributed by atoms with E-state index in [1.54, 1.807) is 0 Å². The SMILES string of the molecule is CCn1c(CCCl)nc2cc(C)ccc21. The average Bonchev–Trinajstić information content (AvgIpc) is 2.54. The fourth-order valence-electron chi connectivity index (χ4n) is 1.92. The summed E-state index contributed by atoms with van der Waals surface area (Å²) < 4.78 is 2.23. The van der Waals surface area contributed by atoms with Crippen molar-refractivity contribution in [2.45, 2.75) is 26.8 Å². The zero-order valence-corrected chi connectivity index (χ0v) is 9.88. The van der Waals surface area contributed by atoms with Gasteiger partial charge in [0.1, 0.15) is 5.82 Å². The van der Waals surface area contributed by atoms with Crippen LogP contribution in [0.2, 0.25) is 0 Å². The molecule has 3 heteroatoms. The number of alkyl halides is 1. The van der Waals surface area contributed by atoms with Crippen LogP contribution in [0.3, 0.4) is 0 Å². The minimum Gasteiger partial charge on any atom is -0.328 e. The van der Waals surface area contributed by atoms with Crippen LogP contribution in [0, 0.1) is 6.92 Å². The Morgan fingerprint density at radius 3 is 2.87 bits per heavy atom. The third-order valence-electron chi connectivity index (χ3n) is 2.62. The molecule has 0 saturated carbocycles. The molecule has 1 aromatic heterocycles. The van der Waals surface area contributed by atoms with Gasteiger partial charge in [0, 0.05) is 18.8 Å². The Kier molecular flexibility index (Phi) is 2.96. The predicted molar refractivity (Wildman–Crippen MR) is 64.6 cm³/mol. The first-order valence-corrected chi connectivity index (χ1v) is 5.81. The molecule has 80 valence electrons. The maximum absolute atomic E-state index is 5.77. The first-order valence-electron chi connectivity index (χ1n) is 5.28. The van der Waals surface area contributed by atoms with E-state index < -0.39 is 0 Å². The molecular formula is C12H15ClN2. The number of aryl methyl sites for hydroxylation is 3. The summed E-state index contributed by atoms with van der Waals surface area (Å²) >= 11 is 5.77. The van der Waals surface area contributed by atoms with Crippen molar-refractivity contribution in [3.63, 3.8) is 0 Å². The van der Waals surface area contributed by atoms with Crippen LogP contribution in [-0.4, -0.2) is 15.4 Å². The lowest BCUT2D eigenvalue weighted by Crippen LogP contribution is -2.02. The highest BCUT2D eigenvalue weighted by molar-refractivity contribution is 6.17. The van der Waals surface area contributed by atoms with Gasteiger partial charge in [-0.15, -0.1) is 11.6 Å². The molecule has 2 rings (SSSR count). The topological polar surface area (TPSA) is 17.8 Å². The molecule has 2 aromatic rings. The van der Waals surface area contributed by atoms with E-state index in [4.69, 9.17) is 11.6 Å². The fraction of sp³-hybridized carbons (Fsp3) is 0.417. The third kappa shape index (κ3) is 1.86. The molecule has 0 bridgehead atoms. The normalized spacial score (nSPS) is 11.1. The fourth-order valence-corrected chi connectivity index (χ4v) is 2.09. The number of aromatic nitrogens is 2. The van der Waals surface area contributed by atoms with E-state index in [0.29, 0.717) is 5.88 Å². The maximum Gasteiger partial charge on any atom is 0.111 e. The molecule has 1 heterocycles. The molecule has 0 fully saturated rings. The summed E-state index contributed by atoms with van der Waals surface area (Å²) in [7, 11) is 0. The molecule has 15 heavy (non-hydrogen) atoms. The first-order chi connectivity index (χ1) is 7.26. The summed E-state index contributed by atoms with van der Waals surface area (Å²) in [6, 6.07) is 6.39. The Morgan fingerprint density at radius 1 is 1.40 bits per heavy atom. The van der Waals surface area contributed by atoms with Gasteiger partial charge in [-0.25, -0.2) is 4.98 Å². The van der Waals surface area contributed by atoms with Gasteiger partial charge < -0.3 is 4.57 Å². The summed E-state index contributed by atoms with van der Waals surface area (Å²) in [5, 5.41) is 0. The Hall–Kier alpha value is -1.02. The van der Waals surface area contributed by atoms with Crippen LogP contribution in [0.15, 0.2) is 18.2 Å². The van der Waals surface area contributed by atoms with Crippen molar-refractivity contribution in [3.05, 3.63) is 29.6 Å². The minimum atomic E-state index is 0.627. The molecule has 0 spiro atoms. The first kappa shape index (κ1) is 10.5. The standard InChI is InChI=1S/C12H15ClN2/c1-3-15-11-5-4-9(2)8-10(11)14-12(15)6-7-13/h4-5,8H,3,6-7H2,1-2H3. The molecule has 0 aliphatic rings. The van der Waals surface area contributed by atoms with Gasteiger partial charge in [0.15, 0.2) is 0 Å². The molecule has 0 N–H and O–H groups in total. The Labute approximate surface area is 94.9 Å². The highest BCUT2D eigenvalue weighted by Gasteiger charge is 2.08. The summed E-state index contributed by atoms with van der Waals surface area (Å²) in [6.45, 7) is 5.18. The zero-order valence-electron chi connectivity index (χ0n) is 9.13. The van der Waals surface area contributed by atoms with Crippen LogP contribution in [-0.2, 0) is 13.0 Å². The number of nitrogens with zero attached hydrogens (tertiary/aromatic N) is 2. The average molecular weight is 223 g/mol. The van der Waals surface area contributed by atoms with E-state index in [-0.39, 0.29) is 0 Å². The van der Waals surface area contributed by atoms with Crippen molar-refractivity contribution in [1.29, 1.82) is 0 Å². The van der Waals surface area contributed by atoms with Crippen molar-refractivity contribution < 1.29 is 0 Å². The molecule has 0 aliphatic carbocycles. The van der Waals surface area contributed by atoms with Gasteiger partial charge >= 0.3 is 0 Å². The molecule has 2 nitrogen and oxygen atoms in total. The monoisotopic (exact) mass is 222 g/mol. The van der Waals surface area contributed by atoms with Crippen LogP contribution in [0.4, 0.5) is 0 Å². The number of halogens is 1. The second-order valence-corrected chi connectivity index (χ2v) is 4.08. The van der Waals surface area contributed by atoms with E-state index in [0.717, 1.165) is 24.3 Å². The van der Waals surface area contributed by atoms with E-state index in [1.807, 2.05) is 0 Å². The maximum atomic E-state index is 5.77. The second kappa shape index (κ2) is 4.23. The quantitative estimate of drug-likeness (QED) is 0.730. The lowest BCUT2D eigenvalue weighted by Gasteiger charge is -2.03. The van der Waals surface area contributed by atoms with Crippen molar-refractivity contribution in [2.24, 2.45) is 0 Å². The molecule has 0 amide bonds. The van der Waals surface area contributed by atoms with E-state index in [1.165, 1.54) is 11.1 Å². The zero-order chi connectivity index (χ0) is 10.8. The van der Waals surface area contributed by atoms with Gasteiger partial charge in [-0.05, 0) is 31.5 Å². The van der Waals surface area contributed by atoms with Crippen LogP contribution in [0.25, 0.3) is 11.0 Å². The van der Waals surface area contributed by atoms with Gasteiger partial charge in [-0.2, -0.15) is 0 Å². The highest BCUT2D eigenvalue weighted by Crippen LogP contribution is 2.18. The van der Waals surface area contributed by atoms with E-state index in [9.17, 15) is 0 Å². The van der Waals surface area contributed by atoms with Crippen molar-refractivity contribution >= 4 is 22.6 Å². The van der Waals surface area contributed by atoms with Gasteiger partial charge in [-0.3, -0.25) is 0 Å². The third-order valence-corrected chi connectivity index (χ3v) is 2.81. The lowest BCUT2D eigenvalue weighted by molar-refractivity contribution is 0.727. The van der Waals surface area contributed by atoms with Crippen molar-refractivity contribution in [3.8, 4) is 0 Å². The van der Waals surface area contributed by atoms with Crippen molar-refractivity contribution in [2.75, 3.05) is 5.88 Å². The summed E-state index contributed by atoms with van der Waals surface area (Å²) in [5.41, 5.74) is 3.54. The number of rotatable bonds is 3. The minimum absolute atomic E-state index is 0.627. The number of hydrogen-bond acceptors (Lipinski definition) is 1.